The Kier molecular flexibility index (Phi) is 19.8. The molecule has 0 fully saturated rings. The molecule has 3 amide bonds. The number of hydrogen-bond donors (Lipinski definition) is 4. The van der Waals surface area contributed by atoms with Gasteiger partial charge < -0.3 is 10.4 Å². The van der Waals surface area contributed by atoms with Crippen molar-refractivity contribution >= 4 is 23.4 Å². The molecule has 1 aromatic carbocycles. The highest BCUT2D eigenvalue weighted by molar-refractivity contribution is 5.90. The fourth-order valence-corrected chi connectivity index (χ4v) is 4.26. The highest BCUT2D eigenvalue weighted by Gasteiger charge is 2.07. The summed E-state index contributed by atoms with van der Waals surface area (Å²) in [5.74, 6) is -0.395. The minimum Gasteiger partial charge on any atom is -0.508 e. The first-order chi connectivity index (χ1) is 18.0. The molecule has 37 heavy (non-hydrogen) atoms. The molecule has 7 nitrogen and oxygen atoms in total. The van der Waals surface area contributed by atoms with Gasteiger partial charge in [0.2, 0.25) is 17.7 Å². The van der Waals surface area contributed by atoms with Gasteiger partial charge in [0.15, 0.2) is 0 Å². The van der Waals surface area contributed by atoms with Crippen molar-refractivity contribution in [3.05, 3.63) is 24.3 Å². The van der Waals surface area contributed by atoms with Crippen LogP contribution in [0.25, 0.3) is 0 Å². The maximum Gasteiger partial charge on any atom is 0.238 e. The Bertz CT molecular complexity index is 737. The summed E-state index contributed by atoms with van der Waals surface area (Å²) in [5, 5.41) is 12.0. The molecule has 0 bridgehead atoms. The lowest BCUT2D eigenvalue weighted by atomic mass is 10.0. The van der Waals surface area contributed by atoms with Crippen LogP contribution in [-0.2, 0) is 14.4 Å². The Hall–Kier alpha value is -2.57. The maximum absolute atomic E-state index is 11.9. The van der Waals surface area contributed by atoms with Gasteiger partial charge in [-0.05, 0) is 43.5 Å². The van der Waals surface area contributed by atoms with Gasteiger partial charge in [-0.1, -0.05) is 96.8 Å². The van der Waals surface area contributed by atoms with Crippen molar-refractivity contribution in [2.75, 3.05) is 5.32 Å². The summed E-state index contributed by atoms with van der Waals surface area (Å²) in [6.07, 6.45) is 21.5. The maximum atomic E-state index is 11.9. The van der Waals surface area contributed by atoms with Gasteiger partial charge in [0.25, 0.3) is 0 Å². The normalized spacial score (nSPS) is 10.7. The SMILES string of the molecule is CCCCCCCCCCCCCCCCCC(=O)NNC(=O)CCCCC(=O)Nc1ccc(O)cc1. The molecule has 0 atom stereocenters. The predicted molar refractivity (Wildman–Crippen MR) is 151 cm³/mol. The van der Waals surface area contributed by atoms with Gasteiger partial charge in [-0.2, -0.15) is 0 Å². The second kappa shape index (κ2) is 22.6. The van der Waals surface area contributed by atoms with Crippen LogP contribution in [0.4, 0.5) is 5.69 Å². The Morgan fingerprint density at radius 1 is 0.541 bits per heavy atom. The van der Waals surface area contributed by atoms with E-state index in [0.717, 1.165) is 19.3 Å². The lowest BCUT2D eigenvalue weighted by Gasteiger charge is -2.08. The van der Waals surface area contributed by atoms with E-state index in [9.17, 15) is 19.5 Å². The van der Waals surface area contributed by atoms with Crippen LogP contribution in [0.5, 0.6) is 5.75 Å². The first-order valence-corrected chi connectivity index (χ1v) is 14.7. The van der Waals surface area contributed by atoms with E-state index in [-0.39, 0.29) is 29.9 Å². The fraction of sp³-hybridized carbons (Fsp3) is 0.700. The van der Waals surface area contributed by atoms with Crippen molar-refractivity contribution in [1.29, 1.82) is 0 Å². The summed E-state index contributed by atoms with van der Waals surface area (Å²) in [5.41, 5.74) is 5.56. The van der Waals surface area contributed by atoms with Crippen molar-refractivity contribution in [2.45, 2.75) is 135 Å². The number of hydrogen-bond acceptors (Lipinski definition) is 4. The lowest BCUT2D eigenvalue weighted by molar-refractivity contribution is -0.129. The molecule has 0 aromatic heterocycles. The van der Waals surface area contributed by atoms with Crippen LogP contribution in [0.1, 0.15) is 135 Å². The van der Waals surface area contributed by atoms with E-state index in [0.29, 0.717) is 31.4 Å². The van der Waals surface area contributed by atoms with Crippen LogP contribution < -0.4 is 16.2 Å². The fourth-order valence-electron chi connectivity index (χ4n) is 4.26. The molecule has 0 aliphatic rings. The van der Waals surface area contributed by atoms with Gasteiger partial charge in [0.05, 0.1) is 0 Å². The first-order valence-electron chi connectivity index (χ1n) is 14.7. The molecule has 0 aliphatic carbocycles. The van der Waals surface area contributed by atoms with Crippen LogP contribution in [0.15, 0.2) is 24.3 Å². The summed E-state index contributed by atoms with van der Waals surface area (Å²) in [4.78, 5) is 35.7. The smallest absolute Gasteiger partial charge is 0.238 e. The number of benzene rings is 1. The number of phenolic OH excluding ortho intramolecular Hbond substituents is 1. The van der Waals surface area contributed by atoms with E-state index >= 15 is 0 Å². The van der Waals surface area contributed by atoms with Gasteiger partial charge in [0.1, 0.15) is 5.75 Å². The number of amides is 3. The second-order valence-electron chi connectivity index (χ2n) is 10.1. The number of nitrogens with one attached hydrogen (secondary N) is 3. The van der Waals surface area contributed by atoms with Crippen LogP contribution in [0, 0.1) is 0 Å². The number of phenols is 1. The number of carbonyl (C=O) groups is 3. The number of rotatable bonds is 22. The standard InChI is InChI=1S/C30H51N3O4/c1-2-3-4-5-6-7-8-9-10-11-12-13-14-15-16-20-29(36)32-33-30(37)21-18-17-19-28(35)31-26-22-24-27(34)25-23-26/h22-25,34H,2-21H2,1H3,(H,31,35)(H,32,36)(H,33,37). The molecular weight excluding hydrogens is 466 g/mol. The van der Waals surface area contributed by atoms with Crippen LogP contribution in [-0.4, -0.2) is 22.8 Å². The van der Waals surface area contributed by atoms with Crippen LogP contribution in [0.3, 0.4) is 0 Å². The van der Waals surface area contributed by atoms with E-state index in [2.05, 4.69) is 23.1 Å². The molecule has 0 heterocycles. The molecule has 1 aromatic rings. The third-order valence-electron chi connectivity index (χ3n) is 6.56. The molecular formula is C30H51N3O4. The zero-order valence-corrected chi connectivity index (χ0v) is 23.1. The highest BCUT2D eigenvalue weighted by Crippen LogP contribution is 2.15. The van der Waals surface area contributed by atoms with Crippen molar-refractivity contribution in [3.63, 3.8) is 0 Å². The van der Waals surface area contributed by atoms with Gasteiger partial charge in [-0.15, -0.1) is 0 Å². The van der Waals surface area contributed by atoms with E-state index < -0.39 is 0 Å². The molecule has 0 spiro atoms. The third-order valence-corrected chi connectivity index (χ3v) is 6.56. The Morgan fingerprint density at radius 2 is 0.892 bits per heavy atom. The van der Waals surface area contributed by atoms with E-state index in [4.69, 9.17) is 0 Å². The monoisotopic (exact) mass is 517 g/mol. The molecule has 1 rings (SSSR count). The number of anilines is 1. The van der Waals surface area contributed by atoms with Gasteiger partial charge in [-0.3, -0.25) is 25.2 Å². The van der Waals surface area contributed by atoms with Crippen molar-refractivity contribution < 1.29 is 19.5 Å². The topological polar surface area (TPSA) is 108 Å². The van der Waals surface area contributed by atoms with Crippen molar-refractivity contribution in [1.82, 2.24) is 10.9 Å². The summed E-state index contributed by atoms with van der Waals surface area (Å²) >= 11 is 0. The Balaban J connectivity index is 1.86. The Labute approximate surface area is 224 Å². The molecule has 4 N–H and O–H groups in total. The largest absolute Gasteiger partial charge is 0.508 e. The van der Waals surface area contributed by atoms with E-state index in [1.54, 1.807) is 12.1 Å². The van der Waals surface area contributed by atoms with E-state index in [1.165, 1.54) is 89.2 Å². The van der Waals surface area contributed by atoms with Gasteiger partial charge in [-0.25, -0.2) is 0 Å². The van der Waals surface area contributed by atoms with Gasteiger partial charge in [0, 0.05) is 24.9 Å². The molecule has 0 radical (unpaired) electrons. The van der Waals surface area contributed by atoms with Crippen molar-refractivity contribution in [2.24, 2.45) is 0 Å². The second-order valence-corrected chi connectivity index (χ2v) is 10.1. The number of hydrazine groups is 1. The lowest BCUT2D eigenvalue weighted by Crippen LogP contribution is -2.41. The van der Waals surface area contributed by atoms with Crippen LogP contribution >= 0.6 is 0 Å². The highest BCUT2D eigenvalue weighted by atomic mass is 16.3. The van der Waals surface area contributed by atoms with Gasteiger partial charge >= 0.3 is 0 Å². The van der Waals surface area contributed by atoms with Crippen molar-refractivity contribution in [3.8, 4) is 5.75 Å². The minimum atomic E-state index is -0.246. The Morgan fingerprint density at radius 3 is 1.32 bits per heavy atom. The molecule has 7 heteroatoms. The average molecular weight is 518 g/mol. The van der Waals surface area contributed by atoms with Crippen LogP contribution in [0.2, 0.25) is 0 Å². The number of aromatic hydroxyl groups is 1. The zero-order valence-electron chi connectivity index (χ0n) is 23.1. The quantitative estimate of drug-likeness (QED) is 0.0735. The summed E-state index contributed by atoms with van der Waals surface area (Å²) < 4.78 is 0. The number of carbonyl (C=O) groups excluding carboxylic acids is 3. The summed E-state index contributed by atoms with van der Waals surface area (Å²) in [7, 11) is 0. The summed E-state index contributed by atoms with van der Waals surface area (Å²) in [6.45, 7) is 2.26. The predicted octanol–water partition coefficient (Wildman–Crippen LogP) is 7.30. The molecule has 0 aliphatic heterocycles. The van der Waals surface area contributed by atoms with E-state index in [1.807, 2.05) is 0 Å². The summed E-state index contributed by atoms with van der Waals surface area (Å²) in [6, 6.07) is 6.27. The first kappa shape index (κ1) is 32.5. The molecule has 0 saturated carbocycles. The molecule has 210 valence electrons. The third kappa shape index (κ3) is 20.2. The molecule has 0 saturated heterocycles. The number of unbranched alkanes of at least 4 members (excludes halogenated alkanes) is 15. The molecule has 0 unspecified atom stereocenters. The zero-order chi connectivity index (χ0) is 27.0. The average Bonchev–Trinajstić information content (AvgIpc) is 2.89. The minimum absolute atomic E-state index is 0.136.